The first kappa shape index (κ1) is 36.5. The highest BCUT2D eigenvalue weighted by Crippen LogP contribution is 2.36. The number of hydrogen-bond donors (Lipinski definition) is 1. The number of hydrogen-bond acceptors (Lipinski definition) is 8. The van der Waals surface area contributed by atoms with Crippen LogP contribution in [0.2, 0.25) is 5.02 Å². The summed E-state index contributed by atoms with van der Waals surface area (Å²) in [5, 5.41) is 15.0. The van der Waals surface area contributed by atoms with Crippen LogP contribution < -0.4 is 19.1 Å². The van der Waals surface area contributed by atoms with Crippen molar-refractivity contribution in [2.45, 2.75) is 75.9 Å². The second kappa shape index (κ2) is 16.2. The summed E-state index contributed by atoms with van der Waals surface area (Å²) in [6.45, 7) is 2.52. The van der Waals surface area contributed by atoms with Crippen LogP contribution in [0.4, 0.5) is 11.4 Å². The fourth-order valence-electron chi connectivity index (χ4n) is 5.84. The maximum Gasteiger partial charge on any atom is 0.273 e. The third-order valence-corrected chi connectivity index (χ3v) is 10.5. The first-order valence-electron chi connectivity index (χ1n) is 15.7. The van der Waals surface area contributed by atoms with Gasteiger partial charge in [-0.25, -0.2) is 8.42 Å². The van der Waals surface area contributed by atoms with Crippen LogP contribution in [-0.2, 0) is 26.2 Å². The molecular weight excluding hydrogens is 660 g/mol. The van der Waals surface area contributed by atoms with Gasteiger partial charge in [0.05, 0.1) is 29.7 Å². The van der Waals surface area contributed by atoms with Crippen molar-refractivity contribution in [2.24, 2.45) is 0 Å². The third-order valence-electron chi connectivity index (χ3n) is 8.50. The van der Waals surface area contributed by atoms with Crippen LogP contribution in [0.5, 0.6) is 11.5 Å². The number of halogens is 1. The summed E-state index contributed by atoms with van der Waals surface area (Å²) in [6, 6.07) is 13.9. The Bertz CT molecular complexity index is 1730. The van der Waals surface area contributed by atoms with Crippen molar-refractivity contribution in [3.63, 3.8) is 0 Å². The summed E-state index contributed by atoms with van der Waals surface area (Å²) in [5.41, 5.74) is 0.511. The Morgan fingerprint density at radius 1 is 1.02 bits per heavy atom. The number of nitro benzene ring substituents is 1. The molecule has 0 heterocycles. The molecule has 0 aliphatic heterocycles. The molecule has 0 spiro atoms. The SMILES string of the molecule is CC[C@H](C(=O)NC1CCCCC1)N(Cc1ccc(OC)cc1)C(=O)CN(c1cc(Cl)ccc1OC)S(=O)(=O)c1ccc(C)c([N+](=O)[O-])c1. The van der Waals surface area contributed by atoms with Crippen molar-refractivity contribution in [2.75, 3.05) is 25.1 Å². The molecule has 2 amide bonds. The molecule has 1 atom stereocenters. The van der Waals surface area contributed by atoms with Gasteiger partial charge in [-0.2, -0.15) is 0 Å². The van der Waals surface area contributed by atoms with E-state index in [1.165, 1.54) is 56.4 Å². The summed E-state index contributed by atoms with van der Waals surface area (Å²) < 4.78 is 40.3. The summed E-state index contributed by atoms with van der Waals surface area (Å²) in [7, 11) is -1.76. The molecule has 0 radical (unpaired) electrons. The van der Waals surface area contributed by atoms with E-state index in [4.69, 9.17) is 21.1 Å². The summed E-state index contributed by atoms with van der Waals surface area (Å²) in [5.74, 6) is -0.295. The first-order chi connectivity index (χ1) is 22.9. The van der Waals surface area contributed by atoms with Crippen molar-refractivity contribution in [3.8, 4) is 11.5 Å². The van der Waals surface area contributed by atoms with Crippen LogP contribution in [0.25, 0.3) is 0 Å². The minimum Gasteiger partial charge on any atom is -0.497 e. The van der Waals surface area contributed by atoms with E-state index in [0.717, 1.165) is 42.5 Å². The number of ether oxygens (including phenoxy) is 2. The fourth-order valence-corrected chi connectivity index (χ4v) is 7.44. The molecule has 48 heavy (non-hydrogen) atoms. The average molecular weight is 701 g/mol. The Morgan fingerprint density at radius 3 is 2.31 bits per heavy atom. The molecule has 0 bridgehead atoms. The summed E-state index contributed by atoms with van der Waals surface area (Å²) >= 11 is 6.31. The summed E-state index contributed by atoms with van der Waals surface area (Å²) in [6.07, 6.45) is 5.06. The number of nitrogens with zero attached hydrogens (tertiary/aromatic N) is 3. The zero-order valence-electron chi connectivity index (χ0n) is 27.5. The first-order valence-corrected chi connectivity index (χ1v) is 17.6. The van der Waals surface area contributed by atoms with Crippen LogP contribution in [-0.4, -0.2) is 62.9 Å². The fraction of sp³-hybridized carbons (Fsp3) is 0.412. The highest BCUT2D eigenvalue weighted by Gasteiger charge is 2.36. The molecule has 0 unspecified atom stereocenters. The molecule has 3 aromatic carbocycles. The van der Waals surface area contributed by atoms with Crippen LogP contribution >= 0.6 is 11.6 Å². The smallest absolute Gasteiger partial charge is 0.273 e. The zero-order valence-corrected chi connectivity index (χ0v) is 29.1. The van der Waals surface area contributed by atoms with E-state index in [9.17, 15) is 28.1 Å². The highest BCUT2D eigenvalue weighted by molar-refractivity contribution is 7.92. The lowest BCUT2D eigenvalue weighted by molar-refractivity contribution is -0.385. The molecule has 4 rings (SSSR count). The molecule has 12 nitrogen and oxygen atoms in total. The number of benzene rings is 3. The van der Waals surface area contributed by atoms with Crippen molar-refractivity contribution in [1.82, 2.24) is 10.2 Å². The van der Waals surface area contributed by atoms with Crippen molar-refractivity contribution < 1.29 is 32.4 Å². The number of sulfonamides is 1. The van der Waals surface area contributed by atoms with Gasteiger partial charge < -0.3 is 19.7 Å². The van der Waals surface area contributed by atoms with Crippen LogP contribution in [0.15, 0.2) is 65.6 Å². The van der Waals surface area contributed by atoms with Gasteiger partial charge in [-0.1, -0.05) is 56.0 Å². The van der Waals surface area contributed by atoms with E-state index in [1.54, 1.807) is 31.2 Å². The number of anilines is 1. The van der Waals surface area contributed by atoms with Crippen molar-refractivity contribution in [3.05, 3.63) is 86.9 Å². The predicted octanol–water partition coefficient (Wildman–Crippen LogP) is 6.03. The van der Waals surface area contributed by atoms with Crippen LogP contribution in [0.1, 0.15) is 56.6 Å². The molecule has 1 fully saturated rings. The maximum atomic E-state index is 14.5. The Hall–Kier alpha value is -4.36. The van der Waals surface area contributed by atoms with Gasteiger partial charge in [0.1, 0.15) is 24.1 Å². The average Bonchev–Trinajstić information content (AvgIpc) is 3.07. The van der Waals surface area contributed by atoms with E-state index in [2.05, 4.69) is 5.32 Å². The quantitative estimate of drug-likeness (QED) is 0.158. The number of methoxy groups -OCH3 is 2. The number of amides is 2. The number of carbonyl (C=O) groups excluding carboxylic acids is 2. The normalized spacial score (nSPS) is 14.1. The molecule has 1 aliphatic carbocycles. The van der Waals surface area contributed by atoms with E-state index >= 15 is 0 Å². The van der Waals surface area contributed by atoms with Gasteiger partial charge in [0.25, 0.3) is 15.7 Å². The van der Waals surface area contributed by atoms with Crippen molar-refractivity contribution >= 4 is 44.8 Å². The number of rotatable bonds is 14. The maximum absolute atomic E-state index is 14.5. The second-order valence-electron chi connectivity index (χ2n) is 11.7. The topological polar surface area (TPSA) is 148 Å². The van der Waals surface area contributed by atoms with E-state index in [-0.39, 0.29) is 46.9 Å². The van der Waals surface area contributed by atoms with E-state index in [1.807, 2.05) is 0 Å². The van der Waals surface area contributed by atoms with Gasteiger partial charge in [-0.3, -0.25) is 24.0 Å². The predicted molar refractivity (Wildman–Crippen MR) is 183 cm³/mol. The number of aryl methyl sites for hydroxylation is 1. The van der Waals surface area contributed by atoms with Gasteiger partial charge in [0, 0.05) is 29.2 Å². The number of carbonyl (C=O) groups is 2. The van der Waals surface area contributed by atoms with Crippen molar-refractivity contribution in [1.29, 1.82) is 0 Å². The molecule has 1 saturated carbocycles. The molecule has 0 aromatic heterocycles. The Morgan fingerprint density at radius 2 is 1.71 bits per heavy atom. The molecule has 258 valence electrons. The lowest BCUT2D eigenvalue weighted by Crippen LogP contribution is -2.54. The Kier molecular flexibility index (Phi) is 12.3. The number of nitrogens with one attached hydrogen (secondary N) is 1. The molecule has 1 aliphatic rings. The van der Waals surface area contributed by atoms with Gasteiger partial charge in [0.2, 0.25) is 11.8 Å². The number of nitro groups is 1. The largest absolute Gasteiger partial charge is 0.497 e. The van der Waals surface area contributed by atoms with Gasteiger partial charge in [-0.15, -0.1) is 0 Å². The third kappa shape index (κ3) is 8.56. The van der Waals surface area contributed by atoms with Gasteiger partial charge >= 0.3 is 0 Å². The standard InChI is InChI=1S/C34H41ClN4O8S/c1-5-29(34(41)36-26-9-7-6-8-10-26)37(21-24-12-15-27(46-3)16-13-24)33(40)22-38(31-19-25(35)14-18-32(31)47-4)48(44,45)28-17-11-23(2)30(20-28)39(42)43/h11-20,26,29H,5-10,21-22H2,1-4H3,(H,36,41)/t29-/m1/s1. The zero-order chi connectivity index (χ0) is 35.0. The highest BCUT2D eigenvalue weighted by atomic mass is 35.5. The molecule has 14 heteroatoms. The Labute approximate surface area is 286 Å². The monoisotopic (exact) mass is 700 g/mol. The van der Waals surface area contributed by atoms with Crippen LogP contribution in [0, 0.1) is 17.0 Å². The lowest BCUT2D eigenvalue weighted by atomic mass is 9.95. The Balaban J connectivity index is 1.80. The van der Waals surface area contributed by atoms with Gasteiger partial charge in [-0.05, 0) is 68.1 Å². The molecule has 3 aromatic rings. The van der Waals surface area contributed by atoms with E-state index in [0.29, 0.717) is 11.3 Å². The molecule has 1 N–H and O–H groups in total. The van der Waals surface area contributed by atoms with Gasteiger partial charge in [0.15, 0.2) is 0 Å². The van der Waals surface area contributed by atoms with E-state index < -0.39 is 44.0 Å². The minimum absolute atomic E-state index is 0.00398. The summed E-state index contributed by atoms with van der Waals surface area (Å²) in [4.78, 5) is 40.3. The van der Waals surface area contributed by atoms with Crippen LogP contribution in [0.3, 0.4) is 0 Å². The minimum atomic E-state index is -4.64. The molecular formula is C34H41ClN4O8S. The second-order valence-corrected chi connectivity index (χ2v) is 14.0. The lowest BCUT2D eigenvalue weighted by Gasteiger charge is -2.34. The molecule has 0 saturated heterocycles.